The summed E-state index contributed by atoms with van der Waals surface area (Å²) in [5.74, 6) is -0.191. The number of carbonyl (C=O) groups excluding carboxylic acids is 3. The summed E-state index contributed by atoms with van der Waals surface area (Å²) < 4.78 is 40.0. The Kier molecular flexibility index (Phi) is 7.45. The van der Waals surface area contributed by atoms with E-state index in [-0.39, 0.29) is 36.4 Å². The van der Waals surface area contributed by atoms with Crippen molar-refractivity contribution in [3.05, 3.63) is 29.3 Å². The molecule has 1 aromatic carbocycles. The molecule has 1 unspecified atom stereocenters. The predicted molar refractivity (Wildman–Crippen MR) is 141 cm³/mol. The number of amides is 3. The molecule has 4 aliphatic rings. The molecule has 3 fully saturated rings. The maximum Gasteiger partial charge on any atom is 0.395 e. The molecule has 2 aliphatic heterocycles. The number of nitrogens with one attached hydrogen (secondary N) is 3. The van der Waals surface area contributed by atoms with Gasteiger partial charge in [-0.05, 0) is 76.8 Å². The minimum absolute atomic E-state index is 0.0357. The van der Waals surface area contributed by atoms with Crippen LogP contribution in [0.4, 0.5) is 18.9 Å². The summed E-state index contributed by atoms with van der Waals surface area (Å²) in [5, 5.41) is 9.35. The highest BCUT2D eigenvalue weighted by Crippen LogP contribution is 2.43. The third-order valence-corrected chi connectivity index (χ3v) is 9.25. The number of alkyl halides is 3. The molecule has 3 amide bonds. The van der Waals surface area contributed by atoms with Crippen molar-refractivity contribution in [2.24, 2.45) is 11.3 Å². The monoisotopic (exact) mass is 548 g/mol. The fourth-order valence-corrected chi connectivity index (χ4v) is 6.19. The normalized spacial score (nSPS) is 27.9. The Hall–Kier alpha value is -2.62. The minimum atomic E-state index is -4.25. The van der Waals surface area contributed by atoms with E-state index in [4.69, 9.17) is 0 Å². The molecule has 0 radical (unpaired) electrons. The van der Waals surface area contributed by atoms with Gasteiger partial charge in [0, 0.05) is 47.9 Å². The lowest BCUT2D eigenvalue weighted by atomic mass is 9.75. The number of rotatable bonds is 9. The predicted octanol–water partition coefficient (Wildman–Crippen LogP) is 4.91. The molecule has 1 saturated heterocycles. The van der Waals surface area contributed by atoms with Crippen molar-refractivity contribution < 1.29 is 27.6 Å². The minimum Gasteiger partial charge on any atom is -0.379 e. The van der Waals surface area contributed by atoms with Crippen LogP contribution in [0, 0.1) is 11.3 Å². The molecular weight excluding hydrogens is 509 g/mol. The maximum atomic E-state index is 13.3. The summed E-state index contributed by atoms with van der Waals surface area (Å²) >= 11 is 0. The third-order valence-electron chi connectivity index (χ3n) is 9.25. The van der Waals surface area contributed by atoms with Gasteiger partial charge in [-0.15, -0.1) is 0 Å². The SMILES string of the molecule is CC(C)(CNC1CCC(CCC2CC2)(Nc2cccc3c2CN(C2CCC(=O)NC2=O)C3=O)CC1)C(F)(F)F. The van der Waals surface area contributed by atoms with Crippen molar-refractivity contribution in [2.75, 3.05) is 11.9 Å². The van der Waals surface area contributed by atoms with Crippen molar-refractivity contribution in [1.29, 1.82) is 0 Å². The van der Waals surface area contributed by atoms with Crippen molar-refractivity contribution >= 4 is 23.4 Å². The number of fused-ring (bicyclic) bond motifs is 1. The largest absolute Gasteiger partial charge is 0.395 e. The molecule has 2 saturated carbocycles. The van der Waals surface area contributed by atoms with Crippen LogP contribution in [0.25, 0.3) is 0 Å². The Morgan fingerprint density at radius 1 is 1.05 bits per heavy atom. The van der Waals surface area contributed by atoms with Gasteiger partial charge in [0.2, 0.25) is 11.8 Å². The van der Waals surface area contributed by atoms with Gasteiger partial charge < -0.3 is 15.5 Å². The van der Waals surface area contributed by atoms with Gasteiger partial charge in [-0.2, -0.15) is 13.2 Å². The van der Waals surface area contributed by atoms with Crippen LogP contribution in [-0.2, 0) is 16.1 Å². The van der Waals surface area contributed by atoms with Gasteiger partial charge in [-0.1, -0.05) is 18.9 Å². The van der Waals surface area contributed by atoms with Gasteiger partial charge in [0.25, 0.3) is 5.91 Å². The highest BCUT2D eigenvalue weighted by Gasteiger charge is 2.48. The van der Waals surface area contributed by atoms with Crippen LogP contribution >= 0.6 is 0 Å². The van der Waals surface area contributed by atoms with E-state index in [0.717, 1.165) is 55.7 Å². The van der Waals surface area contributed by atoms with E-state index in [1.807, 2.05) is 12.1 Å². The molecule has 3 N–H and O–H groups in total. The Morgan fingerprint density at radius 3 is 2.41 bits per heavy atom. The van der Waals surface area contributed by atoms with Crippen LogP contribution in [0.2, 0.25) is 0 Å². The first-order chi connectivity index (χ1) is 18.4. The topological polar surface area (TPSA) is 90.5 Å². The van der Waals surface area contributed by atoms with E-state index in [1.165, 1.54) is 26.7 Å². The van der Waals surface area contributed by atoms with E-state index >= 15 is 0 Å². The van der Waals surface area contributed by atoms with Crippen molar-refractivity contribution in [3.63, 3.8) is 0 Å². The van der Waals surface area contributed by atoms with Crippen molar-refractivity contribution in [3.8, 4) is 0 Å². The molecule has 10 heteroatoms. The zero-order chi connectivity index (χ0) is 28.0. The van der Waals surface area contributed by atoms with Crippen LogP contribution in [0.5, 0.6) is 0 Å². The lowest BCUT2D eigenvalue weighted by Gasteiger charge is -2.43. The van der Waals surface area contributed by atoms with Gasteiger partial charge in [0.15, 0.2) is 0 Å². The average molecular weight is 549 g/mol. The summed E-state index contributed by atoms with van der Waals surface area (Å²) in [4.78, 5) is 39.0. The Labute approximate surface area is 227 Å². The fourth-order valence-electron chi connectivity index (χ4n) is 6.19. The number of hydrogen-bond donors (Lipinski definition) is 3. The van der Waals surface area contributed by atoms with E-state index in [9.17, 15) is 27.6 Å². The fraction of sp³-hybridized carbons (Fsp3) is 0.690. The Balaban J connectivity index is 1.29. The number of carbonyl (C=O) groups is 3. The molecule has 2 aliphatic carbocycles. The highest BCUT2D eigenvalue weighted by molar-refractivity contribution is 6.06. The molecule has 5 rings (SSSR count). The molecule has 214 valence electrons. The second-order valence-electron chi connectivity index (χ2n) is 12.7. The smallest absolute Gasteiger partial charge is 0.379 e. The van der Waals surface area contributed by atoms with E-state index in [0.29, 0.717) is 18.5 Å². The molecule has 0 aromatic heterocycles. The quantitative estimate of drug-likeness (QED) is 0.382. The second kappa shape index (κ2) is 10.4. The molecule has 1 aromatic rings. The van der Waals surface area contributed by atoms with Gasteiger partial charge >= 0.3 is 6.18 Å². The van der Waals surface area contributed by atoms with Gasteiger partial charge in [0.05, 0.1) is 5.41 Å². The van der Waals surface area contributed by atoms with E-state index in [2.05, 4.69) is 16.0 Å². The van der Waals surface area contributed by atoms with Crippen LogP contribution in [0.1, 0.15) is 94.0 Å². The molecule has 0 spiro atoms. The summed E-state index contributed by atoms with van der Waals surface area (Å²) in [7, 11) is 0. The molecular formula is C29H39F3N4O3. The number of hydrogen-bond acceptors (Lipinski definition) is 5. The Bertz CT molecular complexity index is 1120. The lowest BCUT2D eigenvalue weighted by Crippen LogP contribution is -2.52. The van der Waals surface area contributed by atoms with Crippen molar-refractivity contribution in [1.82, 2.24) is 15.5 Å². The van der Waals surface area contributed by atoms with Crippen LogP contribution in [0.3, 0.4) is 0 Å². The summed E-state index contributed by atoms with van der Waals surface area (Å²) in [6.07, 6.45) is 4.10. The van der Waals surface area contributed by atoms with Crippen LogP contribution in [0.15, 0.2) is 18.2 Å². The zero-order valence-electron chi connectivity index (χ0n) is 22.8. The van der Waals surface area contributed by atoms with E-state index in [1.54, 1.807) is 11.0 Å². The maximum absolute atomic E-state index is 13.3. The zero-order valence-corrected chi connectivity index (χ0v) is 22.8. The van der Waals surface area contributed by atoms with Crippen molar-refractivity contribution in [2.45, 2.75) is 108 Å². The third kappa shape index (κ3) is 5.95. The van der Waals surface area contributed by atoms with Gasteiger partial charge in [-0.25, -0.2) is 0 Å². The number of anilines is 1. The number of benzene rings is 1. The first-order valence-electron chi connectivity index (χ1n) is 14.2. The summed E-state index contributed by atoms with van der Waals surface area (Å²) in [5.41, 5.74) is 0.352. The lowest BCUT2D eigenvalue weighted by molar-refractivity contribution is -0.210. The van der Waals surface area contributed by atoms with Crippen LogP contribution in [-0.4, -0.2) is 53.0 Å². The summed E-state index contributed by atoms with van der Waals surface area (Å²) in [6.45, 7) is 2.67. The number of halogens is 3. The first-order valence-corrected chi connectivity index (χ1v) is 14.2. The molecule has 39 heavy (non-hydrogen) atoms. The second-order valence-corrected chi connectivity index (χ2v) is 12.7. The summed E-state index contributed by atoms with van der Waals surface area (Å²) in [6, 6.07) is 4.99. The molecule has 2 heterocycles. The Morgan fingerprint density at radius 2 is 1.77 bits per heavy atom. The molecule has 1 atom stereocenters. The molecule has 7 nitrogen and oxygen atoms in total. The standard InChI is InChI=1S/C29H39F3N4O3/c1-27(2,29(30,31)32)17-33-19-11-14-28(15-12-19,13-10-18-6-7-18)35-22-5-3-4-20-21(22)16-36(26(20)39)23-8-9-24(37)34-25(23)38/h3-5,18-19,23,33,35H,6-17H2,1-2H3,(H,34,37,38). The van der Waals surface area contributed by atoms with Crippen LogP contribution < -0.4 is 16.0 Å². The average Bonchev–Trinajstić information content (AvgIpc) is 3.65. The van der Waals surface area contributed by atoms with Gasteiger partial charge in [-0.3, -0.25) is 19.7 Å². The first kappa shape index (κ1) is 27.9. The number of nitrogens with zero attached hydrogens (tertiary/aromatic N) is 1. The highest BCUT2D eigenvalue weighted by atomic mass is 19.4. The van der Waals surface area contributed by atoms with Gasteiger partial charge in [0.1, 0.15) is 6.04 Å². The number of imide groups is 1. The molecule has 0 bridgehead atoms. The van der Waals surface area contributed by atoms with E-state index < -0.39 is 23.5 Å². The number of piperidine rings is 1.